The van der Waals surface area contributed by atoms with Gasteiger partial charge in [-0.05, 0) is 52.9 Å². The van der Waals surface area contributed by atoms with Gasteiger partial charge < -0.3 is 5.73 Å². The largest absolute Gasteiger partial charge is 0.399 e. The number of rotatable bonds is 0. The lowest BCUT2D eigenvalue weighted by molar-refractivity contribution is 1.26. The highest BCUT2D eigenvalue weighted by molar-refractivity contribution is 6.30. The third-order valence-electron chi connectivity index (χ3n) is 2.87. The van der Waals surface area contributed by atoms with Crippen LogP contribution in [0.15, 0.2) is 36.4 Å². The highest BCUT2D eigenvalue weighted by Gasteiger charge is 2.18. The third kappa shape index (κ3) is 1.31. The fraction of sp³-hybridized carbons (Fsp3) is 0.0769. The van der Waals surface area contributed by atoms with Gasteiger partial charge in [0.25, 0.3) is 0 Å². The number of fused-ring (bicyclic) bond motifs is 3. The Morgan fingerprint density at radius 1 is 0.933 bits per heavy atom. The molecule has 0 fully saturated rings. The molecule has 2 heteroatoms. The molecule has 0 spiro atoms. The molecule has 2 aromatic carbocycles. The van der Waals surface area contributed by atoms with Gasteiger partial charge in [-0.15, -0.1) is 0 Å². The summed E-state index contributed by atoms with van der Waals surface area (Å²) in [7, 11) is 0. The van der Waals surface area contributed by atoms with E-state index < -0.39 is 0 Å². The molecule has 0 atom stereocenters. The summed E-state index contributed by atoms with van der Waals surface area (Å²) >= 11 is 5.97. The van der Waals surface area contributed by atoms with Crippen molar-refractivity contribution in [1.82, 2.24) is 0 Å². The second-order valence-electron chi connectivity index (χ2n) is 3.89. The molecule has 0 amide bonds. The summed E-state index contributed by atoms with van der Waals surface area (Å²) in [4.78, 5) is 0. The third-order valence-corrected chi connectivity index (χ3v) is 3.10. The molecule has 74 valence electrons. The van der Waals surface area contributed by atoms with Gasteiger partial charge in [-0.2, -0.15) is 0 Å². The van der Waals surface area contributed by atoms with Crippen molar-refractivity contribution in [2.45, 2.75) is 6.42 Å². The molecule has 0 radical (unpaired) electrons. The lowest BCUT2D eigenvalue weighted by Crippen LogP contribution is -1.86. The summed E-state index contributed by atoms with van der Waals surface area (Å²) in [6.07, 6.45) is 0.941. The van der Waals surface area contributed by atoms with Crippen LogP contribution < -0.4 is 5.73 Å². The molecular weight excluding hydrogens is 206 g/mol. The van der Waals surface area contributed by atoms with Crippen LogP contribution in [-0.4, -0.2) is 0 Å². The summed E-state index contributed by atoms with van der Waals surface area (Å²) < 4.78 is 0. The van der Waals surface area contributed by atoms with Crippen LogP contribution in [0.1, 0.15) is 11.1 Å². The normalized spacial score (nSPS) is 12.3. The number of anilines is 1. The van der Waals surface area contributed by atoms with Gasteiger partial charge in [-0.3, -0.25) is 0 Å². The smallest absolute Gasteiger partial charge is 0.0409 e. The van der Waals surface area contributed by atoms with E-state index >= 15 is 0 Å². The second kappa shape index (κ2) is 3.01. The number of halogens is 1. The van der Waals surface area contributed by atoms with Crippen LogP contribution in [0.25, 0.3) is 11.1 Å². The monoisotopic (exact) mass is 215 g/mol. The van der Waals surface area contributed by atoms with Crippen molar-refractivity contribution >= 4 is 17.3 Å². The zero-order valence-corrected chi connectivity index (χ0v) is 8.88. The Hall–Kier alpha value is -1.47. The molecule has 3 rings (SSSR count). The van der Waals surface area contributed by atoms with Crippen molar-refractivity contribution in [1.29, 1.82) is 0 Å². The van der Waals surface area contributed by atoms with E-state index in [1.807, 2.05) is 24.3 Å². The van der Waals surface area contributed by atoms with E-state index in [1.54, 1.807) is 0 Å². The number of nitrogens with two attached hydrogens (primary N) is 1. The minimum absolute atomic E-state index is 0.800. The van der Waals surface area contributed by atoms with E-state index in [1.165, 1.54) is 22.3 Å². The van der Waals surface area contributed by atoms with Gasteiger partial charge in [-0.25, -0.2) is 0 Å². The van der Waals surface area contributed by atoms with E-state index in [2.05, 4.69) is 12.1 Å². The molecule has 0 bridgehead atoms. The van der Waals surface area contributed by atoms with Gasteiger partial charge in [-0.1, -0.05) is 23.7 Å². The summed E-state index contributed by atoms with van der Waals surface area (Å²) in [5.74, 6) is 0. The van der Waals surface area contributed by atoms with Crippen molar-refractivity contribution in [3.8, 4) is 11.1 Å². The van der Waals surface area contributed by atoms with E-state index in [9.17, 15) is 0 Å². The topological polar surface area (TPSA) is 26.0 Å². The molecule has 2 aromatic rings. The highest BCUT2D eigenvalue weighted by Crippen LogP contribution is 2.38. The summed E-state index contributed by atoms with van der Waals surface area (Å²) in [5, 5.41) is 0.800. The second-order valence-corrected chi connectivity index (χ2v) is 4.33. The number of hydrogen-bond acceptors (Lipinski definition) is 1. The Labute approximate surface area is 93.5 Å². The molecule has 1 nitrogen and oxygen atoms in total. The van der Waals surface area contributed by atoms with Gasteiger partial charge in [0, 0.05) is 10.7 Å². The van der Waals surface area contributed by atoms with Crippen LogP contribution in [0.4, 0.5) is 5.69 Å². The van der Waals surface area contributed by atoms with Crippen LogP contribution in [-0.2, 0) is 6.42 Å². The minimum Gasteiger partial charge on any atom is -0.399 e. The predicted octanol–water partition coefficient (Wildman–Crippen LogP) is 3.49. The fourth-order valence-corrected chi connectivity index (χ4v) is 2.39. The maximum atomic E-state index is 5.97. The summed E-state index contributed by atoms with van der Waals surface area (Å²) in [6, 6.07) is 12.1. The molecule has 0 heterocycles. The van der Waals surface area contributed by atoms with E-state index in [0.717, 1.165) is 17.1 Å². The Balaban J connectivity index is 2.24. The van der Waals surface area contributed by atoms with Crippen LogP contribution in [0.3, 0.4) is 0 Å². The van der Waals surface area contributed by atoms with Crippen molar-refractivity contribution < 1.29 is 0 Å². The fourth-order valence-electron chi connectivity index (χ4n) is 2.20. The Morgan fingerprint density at radius 3 is 2.40 bits per heavy atom. The molecule has 0 aromatic heterocycles. The first-order valence-electron chi connectivity index (χ1n) is 4.91. The average Bonchev–Trinajstić information content (AvgIpc) is 2.53. The quantitative estimate of drug-likeness (QED) is 0.571. The minimum atomic E-state index is 0.800. The van der Waals surface area contributed by atoms with E-state index in [0.29, 0.717) is 0 Å². The molecule has 2 N–H and O–H groups in total. The zero-order chi connectivity index (χ0) is 10.4. The molecule has 0 aliphatic heterocycles. The predicted molar refractivity (Wildman–Crippen MR) is 64.1 cm³/mol. The lowest BCUT2D eigenvalue weighted by atomic mass is 10.1. The molecule has 0 unspecified atom stereocenters. The molecule has 15 heavy (non-hydrogen) atoms. The van der Waals surface area contributed by atoms with Gasteiger partial charge in [0.1, 0.15) is 0 Å². The number of benzene rings is 2. The number of hydrogen-bond donors (Lipinski definition) is 1. The van der Waals surface area contributed by atoms with Gasteiger partial charge in [0.15, 0.2) is 0 Å². The molecular formula is C13H10ClN. The lowest BCUT2D eigenvalue weighted by Gasteiger charge is -2.01. The van der Waals surface area contributed by atoms with Crippen LogP contribution in [0, 0.1) is 0 Å². The number of nitrogen functional groups attached to an aromatic ring is 1. The molecule has 0 saturated heterocycles. The highest BCUT2D eigenvalue weighted by atomic mass is 35.5. The molecule has 1 aliphatic rings. The Kier molecular flexibility index (Phi) is 1.77. The Morgan fingerprint density at radius 2 is 1.60 bits per heavy atom. The van der Waals surface area contributed by atoms with Gasteiger partial charge in [0.05, 0.1) is 0 Å². The standard InChI is InChI=1S/C13H10ClN/c14-10-1-3-12-8(6-10)5-9-7-11(15)2-4-13(9)12/h1-4,6-7H,5,15H2. The van der Waals surface area contributed by atoms with Crippen molar-refractivity contribution in [2.24, 2.45) is 0 Å². The van der Waals surface area contributed by atoms with E-state index in [4.69, 9.17) is 17.3 Å². The zero-order valence-electron chi connectivity index (χ0n) is 8.13. The van der Waals surface area contributed by atoms with E-state index in [-0.39, 0.29) is 0 Å². The summed E-state index contributed by atoms with van der Waals surface area (Å²) in [6.45, 7) is 0. The average molecular weight is 216 g/mol. The first-order chi connectivity index (χ1) is 7.24. The maximum absolute atomic E-state index is 5.97. The summed E-state index contributed by atoms with van der Waals surface area (Å²) in [5.41, 5.74) is 11.8. The van der Waals surface area contributed by atoms with Crippen molar-refractivity contribution in [3.63, 3.8) is 0 Å². The van der Waals surface area contributed by atoms with Gasteiger partial charge in [0.2, 0.25) is 0 Å². The molecule has 1 aliphatic carbocycles. The Bertz CT molecular complexity index is 497. The molecule has 0 saturated carbocycles. The van der Waals surface area contributed by atoms with Crippen molar-refractivity contribution in [3.05, 3.63) is 52.5 Å². The van der Waals surface area contributed by atoms with Crippen molar-refractivity contribution in [2.75, 3.05) is 5.73 Å². The van der Waals surface area contributed by atoms with Crippen LogP contribution >= 0.6 is 11.6 Å². The van der Waals surface area contributed by atoms with Gasteiger partial charge >= 0.3 is 0 Å². The van der Waals surface area contributed by atoms with Crippen LogP contribution in [0.2, 0.25) is 5.02 Å². The first-order valence-corrected chi connectivity index (χ1v) is 5.29. The van der Waals surface area contributed by atoms with Crippen LogP contribution in [0.5, 0.6) is 0 Å². The SMILES string of the molecule is Nc1ccc2c(c1)Cc1cc(Cl)ccc1-2. The maximum Gasteiger partial charge on any atom is 0.0409 e. The first kappa shape index (κ1) is 8.81.